The Morgan fingerprint density at radius 1 is 1.19 bits per heavy atom. The van der Waals surface area contributed by atoms with Crippen molar-refractivity contribution >= 4 is 44.6 Å². The van der Waals surface area contributed by atoms with Crippen LogP contribution in [0.25, 0.3) is 32.6 Å². The van der Waals surface area contributed by atoms with E-state index in [-0.39, 0.29) is 65.8 Å². The maximum atomic E-state index is 15.6. The largest absolute Gasteiger partial charge is 1.00 e. The fraction of sp³-hybridized carbons (Fsp3) is 0.182. The van der Waals surface area contributed by atoms with Crippen LogP contribution in [-0.4, -0.2) is 57.2 Å². The summed E-state index contributed by atoms with van der Waals surface area (Å²) in [5.74, 6) is -2.25. The first-order valence-electron chi connectivity index (χ1n) is 10.3. The van der Waals surface area contributed by atoms with Gasteiger partial charge in [0.25, 0.3) is 0 Å². The molecular weight excluding hydrogens is 487 g/mol. The number of halogens is 2. The van der Waals surface area contributed by atoms with E-state index in [1.165, 1.54) is 48.7 Å². The summed E-state index contributed by atoms with van der Waals surface area (Å²) in [6, 6.07) is 3.60. The van der Waals surface area contributed by atoms with Crippen molar-refractivity contribution in [1.29, 1.82) is 0 Å². The number of nitrogens with one attached hydrogen (secondary N) is 2. The molecule has 182 valence electrons. The molecule has 0 aliphatic rings. The zero-order valence-electron chi connectivity index (χ0n) is 20.5. The predicted molar refractivity (Wildman–Crippen MR) is 129 cm³/mol. The van der Waals surface area contributed by atoms with Gasteiger partial charge in [-0.25, -0.2) is 28.5 Å². The average molecular weight is 507 g/mol. The van der Waals surface area contributed by atoms with E-state index in [2.05, 4.69) is 30.6 Å². The molecule has 3 N–H and O–H groups in total. The number of likely N-dealkylation sites (N-methyl/N-ethyl adjacent to an activating group) is 1. The normalized spacial score (nSPS) is 10.6. The van der Waals surface area contributed by atoms with Gasteiger partial charge in [-0.15, -0.1) is 0 Å². The smallest absolute Gasteiger partial charge is 1.00 e. The van der Waals surface area contributed by atoms with Gasteiger partial charge in [-0.2, -0.15) is 0 Å². The number of aromatic nitrogens is 4. The van der Waals surface area contributed by atoms with E-state index in [0.29, 0.717) is 11.2 Å². The van der Waals surface area contributed by atoms with Crippen LogP contribution in [-0.2, 0) is 4.79 Å². The van der Waals surface area contributed by atoms with Crippen molar-refractivity contribution in [3.63, 3.8) is 0 Å². The van der Waals surface area contributed by atoms with Crippen molar-refractivity contribution in [2.45, 2.75) is 6.92 Å². The molecule has 2 amide bonds. The molecule has 14 heteroatoms. The van der Waals surface area contributed by atoms with Crippen molar-refractivity contribution in [3.8, 4) is 22.4 Å². The second kappa shape index (κ2) is 11.4. The molecule has 3 aromatic heterocycles. The number of carboxylic acids is 1. The molecule has 0 radical (unpaired) electrons. The average Bonchev–Trinajstić information content (AvgIpc) is 3.24. The van der Waals surface area contributed by atoms with Crippen LogP contribution in [0.2, 0.25) is 0 Å². The Balaban J connectivity index is 0.00000241. The number of thiazole rings is 1. The Morgan fingerprint density at radius 2 is 1.92 bits per heavy atom. The van der Waals surface area contributed by atoms with Crippen LogP contribution in [0.15, 0.2) is 36.8 Å². The number of hydrogen-bond donors (Lipinski definition) is 3. The molecular formula is C22H20F2LiN7O3S. The zero-order chi connectivity index (χ0) is 25.1. The van der Waals surface area contributed by atoms with Crippen LogP contribution in [0.3, 0.4) is 0 Å². The van der Waals surface area contributed by atoms with E-state index in [4.69, 9.17) is 5.11 Å². The number of fused-ring (bicyclic) bond motifs is 1. The first kappa shape index (κ1) is 26.9. The summed E-state index contributed by atoms with van der Waals surface area (Å²) in [7, 11) is 1.51. The van der Waals surface area contributed by atoms with Crippen LogP contribution in [0.1, 0.15) is 8.35 Å². The molecule has 0 aliphatic heterocycles. The van der Waals surface area contributed by atoms with Crippen molar-refractivity contribution < 1.29 is 43.8 Å². The first-order chi connectivity index (χ1) is 16.8. The Labute approximate surface area is 221 Å². The van der Waals surface area contributed by atoms with Crippen LogP contribution in [0, 0.1) is 11.6 Å². The molecule has 4 aromatic rings. The zero-order valence-corrected chi connectivity index (χ0v) is 20.4. The quantitative estimate of drug-likeness (QED) is 0.314. The number of rotatable bonds is 7. The molecule has 0 unspecified atom stereocenters. The second-order valence-electron chi connectivity index (χ2n) is 7.32. The summed E-state index contributed by atoms with van der Waals surface area (Å²) >= 11 is 0.988. The number of nitrogens with zero attached hydrogens (tertiary/aromatic N) is 5. The van der Waals surface area contributed by atoms with E-state index >= 15 is 4.39 Å². The molecule has 36 heavy (non-hydrogen) atoms. The third-order valence-corrected chi connectivity index (χ3v) is 5.84. The number of aliphatic carboxylic acids is 1. The monoisotopic (exact) mass is 507 g/mol. The molecule has 3 heterocycles. The summed E-state index contributed by atoms with van der Waals surface area (Å²) in [6.07, 6.45) is 4.09. The molecule has 10 nitrogen and oxygen atoms in total. The van der Waals surface area contributed by atoms with Crippen molar-refractivity contribution in [3.05, 3.63) is 48.4 Å². The number of anilines is 2. The van der Waals surface area contributed by atoms with Gasteiger partial charge in [0.05, 0.1) is 4.70 Å². The minimum absolute atomic E-state index is 0. The van der Waals surface area contributed by atoms with Crippen LogP contribution >= 0.6 is 11.3 Å². The maximum Gasteiger partial charge on any atom is 1.00 e. The van der Waals surface area contributed by atoms with Gasteiger partial charge in [-0.05, 0) is 25.1 Å². The summed E-state index contributed by atoms with van der Waals surface area (Å²) in [4.78, 5) is 40.8. The van der Waals surface area contributed by atoms with Gasteiger partial charge in [0, 0.05) is 48.9 Å². The minimum atomic E-state index is -1.06. The molecule has 0 spiro atoms. The third kappa shape index (κ3) is 5.59. The number of pyridine rings is 1. The summed E-state index contributed by atoms with van der Waals surface area (Å²) in [6.45, 7) is 1.82. The Hall–Kier alpha value is -3.66. The van der Waals surface area contributed by atoms with Crippen molar-refractivity contribution in [1.82, 2.24) is 25.3 Å². The standard InChI is InChI=1S/C22H19F2N7O3S.Li.H/c1-3-25-21(34)30-22-29-18-16(24)12(11-8-27-20(28-9-11)31(2)10-15(32)33)7-13(19(18)35-22)17-14(23)5-4-6-26-17;;/h4-9H,3,10H2,1-2H3,(H,32,33)(H2,25,29,30,34);;/q;+1;-1. The van der Waals surface area contributed by atoms with Crippen LogP contribution < -0.4 is 34.4 Å². The number of hydrogen-bond acceptors (Lipinski definition) is 8. The van der Waals surface area contributed by atoms with E-state index in [0.717, 1.165) is 11.3 Å². The predicted octanol–water partition coefficient (Wildman–Crippen LogP) is 0.872. The van der Waals surface area contributed by atoms with E-state index in [1.807, 2.05) is 0 Å². The summed E-state index contributed by atoms with van der Waals surface area (Å²) in [5, 5.41) is 14.2. The van der Waals surface area contributed by atoms with E-state index in [9.17, 15) is 14.0 Å². The Morgan fingerprint density at radius 3 is 2.56 bits per heavy atom. The van der Waals surface area contributed by atoms with E-state index < -0.39 is 23.6 Å². The number of carbonyl (C=O) groups is 2. The number of carboxylic acid groups (broad SMARTS) is 1. The maximum absolute atomic E-state index is 15.6. The molecule has 1 aromatic carbocycles. The van der Waals surface area contributed by atoms with Gasteiger partial charge in [-0.3, -0.25) is 15.1 Å². The van der Waals surface area contributed by atoms with Crippen molar-refractivity contribution in [2.75, 3.05) is 30.4 Å². The number of amides is 2. The molecule has 0 saturated heterocycles. The van der Waals surface area contributed by atoms with Crippen LogP contribution in [0.4, 0.5) is 24.7 Å². The number of urea groups is 1. The van der Waals surface area contributed by atoms with Gasteiger partial charge >= 0.3 is 30.9 Å². The minimum Gasteiger partial charge on any atom is -1.00 e. The van der Waals surface area contributed by atoms with Gasteiger partial charge in [0.2, 0.25) is 5.95 Å². The summed E-state index contributed by atoms with van der Waals surface area (Å²) < 4.78 is 30.6. The summed E-state index contributed by atoms with van der Waals surface area (Å²) in [5.41, 5.74) is 0.501. The molecule has 0 bridgehead atoms. The molecule has 0 atom stereocenters. The third-order valence-electron chi connectivity index (χ3n) is 4.84. The molecule has 4 rings (SSSR count). The molecule has 0 aliphatic carbocycles. The van der Waals surface area contributed by atoms with Gasteiger partial charge in [-0.1, -0.05) is 11.3 Å². The Kier molecular flexibility index (Phi) is 8.52. The topological polar surface area (TPSA) is 133 Å². The second-order valence-corrected chi connectivity index (χ2v) is 8.32. The SMILES string of the molecule is CCNC(=O)Nc1nc2c(F)c(-c3cnc(N(C)CC(=O)O)nc3)cc(-c3ncccc3F)c2s1.[H-].[Li+]. The first-order valence-corrected chi connectivity index (χ1v) is 11.1. The number of benzene rings is 1. The van der Waals surface area contributed by atoms with Crippen LogP contribution in [0.5, 0.6) is 0 Å². The fourth-order valence-electron chi connectivity index (χ4n) is 3.31. The van der Waals surface area contributed by atoms with Gasteiger partial charge in [0.1, 0.15) is 23.6 Å². The Bertz CT molecular complexity index is 1430. The van der Waals surface area contributed by atoms with Gasteiger partial charge in [0.15, 0.2) is 10.9 Å². The van der Waals surface area contributed by atoms with Crippen molar-refractivity contribution in [2.24, 2.45) is 0 Å². The fourth-order valence-corrected chi connectivity index (χ4v) is 4.28. The molecule has 0 fully saturated rings. The van der Waals surface area contributed by atoms with Gasteiger partial charge < -0.3 is 16.7 Å². The molecule has 0 saturated carbocycles. The number of carbonyl (C=O) groups excluding carboxylic acids is 1. The van der Waals surface area contributed by atoms with E-state index in [1.54, 1.807) is 6.92 Å².